The van der Waals surface area contributed by atoms with Gasteiger partial charge in [-0.1, -0.05) is 6.42 Å². The van der Waals surface area contributed by atoms with Crippen LogP contribution in [0.3, 0.4) is 0 Å². The van der Waals surface area contributed by atoms with Gasteiger partial charge in [0.15, 0.2) is 0 Å². The maximum absolute atomic E-state index is 14.2. The van der Waals surface area contributed by atoms with E-state index in [4.69, 9.17) is 10.5 Å². The molecule has 0 bridgehead atoms. The number of carbonyl (C=O) groups is 1. The Bertz CT molecular complexity index is 1340. The van der Waals surface area contributed by atoms with Gasteiger partial charge in [0.05, 0.1) is 28.2 Å². The molecule has 0 saturated heterocycles. The summed E-state index contributed by atoms with van der Waals surface area (Å²) in [4.78, 5) is 21.3. The fourth-order valence-electron chi connectivity index (χ4n) is 4.27. The molecule has 1 fully saturated rings. The summed E-state index contributed by atoms with van der Waals surface area (Å²) in [5, 5.41) is 3.82. The van der Waals surface area contributed by atoms with Crippen molar-refractivity contribution < 1.29 is 22.3 Å². The van der Waals surface area contributed by atoms with Gasteiger partial charge in [0.2, 0.25) is 10.0 Å². The van der Waals surface area contributed by atoms with Crippen molar-refractivity contribution in [3.8, 4) is 5.75 Å². The number of ether oxygens (including phenoxy) is 1. The molecule has 1 saturated carbocycles. The predicted octanol–water partition coefficient (Wildman–Crippen LogP) is 3.56. The standard InChI is InChI=1S/C22H26FN5O4S2/c1-12-18-21(25-11-26-22(18)33-19(12)20(24)29)27-14-9-8-13(23)10-17(14)32-16-7-5-4-6-15(16)28(2)34(3,30)31/h8-11,15-16H,4-7H2,1-3H3,(H2,24,29)(H,25,26,27). The summed E-state index contributed by atoms with van der Waals surface area (Å²) >= 11 is 1.18. The number of aryl methyl sites for hydroxylation is 1. The first-order chi connectivity index (χ1) is 16.1. The van der Waals surface area contributed by atoms with Gasteiger partial charge in [0.25, 0.3) is 5.91 Å². The molecule has 9 nitrogen and oxygen atoms in total. The SMILES string of the molecule is Cc1c(C(N)=O)sc2ncnc(Nc3ccc(F)cc3OC3CCCCC3N(C)S(C)(=O)=O)c12. The molecule has 2 atom stereocenters. The molecular formula is C22H26FN5O4S2. The molecule has 3 N–H and O–H groups in total. The number of carbonyl (C=O) groups excluding carboxylic acids is 1. The summed E-state index contributed by atoms with van der Waals surface area (Å²) < 4.78 is 46.1. The van der Waals surface area contributed by atoms with Crippen molar-refractivity contribution in [2.45, 2.75) is 44.8 Å². The average Bonchev–Trinajstić information content (AvgIpc) is 3.12. The van der Waals surface area contributed by atoms with Crippen molar-refractivity contribution >= 4 is 49.0 Å². The highest BCUT2D eigenvalue weighted by molar-refractivity contribution is 7.88. The first-order valence-corrected chi connectivity index (χ1v) is 13.4. The van der Waals surface area contributed by atoms with E-state index in [1.165, 1.54) is 40.2 Å². The molecule has 0 spiro atoms. The number of amides is 1. The van der Waals surface area contributed by atoms with Crippen LogP contribution in [-0.4, -0.2) is 54.0 Å². The zero-order valence-corrected chi connectivity index (χ0v) is 20.7. The van der Waals surface area contributed by atoms with E-state index in [-0.39, 0.29) is 11.8 Å². The topological polar surface area (TPSA) is 128 Å². The third-order valence-corrected chi connectivity index (χ3v) is 8.61. The van der Waals surface area contributed by atoms with E-state index < -0.39 is 27.9 Å². The van der Waals surface area contributed by atoms with Crippen molar-refractivity contribution in [1.82, 2.24) is 14.3 Å². The minimum absolute atomic E-state index is 0.244. The Balaban J connectivity index is 1.69. The summed E-state index contributed by atoms with van der Waals surface area (Å²) in [7, 11) is -1.88. The first kappa shape index (κ1) is 24.3. The largest absolute Gasteiger partial charge is 0.486 e. The molecule has 2 aromatic heterocycles. The van der Waals surface area contributed by atoms with Crippen LogP contribution < -0.4 is 15.8 Å². The van der Waals surface area contributed by atoms with Gasteiger partial charge in [-0.2, -0.15) is 4.31 Å². The molecule has 0 radical (unpaired) electrons. The second kappa shape index (κ2) is 9.43. The number of thiophene rings is 1. The van der Waals surface area contributed by atoms with Crippen molar-refractivity contribution in [3.63, 3.8) is 0 Å². The number of sulfonamides is 1. The molecule has 12 heteroatoms. The maximum Gasteiger partial charge on any atom is 0.259 e. The third kappa shape index (κ3) is 4.84. The van der Waals surface area contributed by atoms with Crippen LogP contribution in [0.4, 0.5) is 15.9 Å². The summed E-state index contributed by atoms with van der Waals surface area (Å²) in [6.45, 7) is 1.77. The Kier molecular flexibility index (Phi) is 6.74. The molecule has 2 unspecified atom stereocenters. The molecule has 1 aliphatic carbocycles. The van der Waals surface area contributed by atoms with Gasteiger partial charge in [-0.25, -0.2) is 22.8 Å². The lowest BCUT2D eigenvalue weighted by Crippen LogP contribution is -2.48. The third-order valence-electron chi connectivity index (χ3n) is 6.08. The van der Waals surface area contributed by atoms with Crippen LogP contribution in [0.1, 0.15) is 40.9 Å². The van der Waals surface area contributed by atoms with Crippen molar-refractivity contribution in [2.75, 3.05) is 18.6 Å². The van der Waals surface area contributed by atoms with Gasteiger partial charge >= 0.3 is 0 Å². The predicted molar refractivity (Wildman–Crippen MR) is 130 cm³/mol. The molecule has 1 aliphatic rings. The van der Waals surface area contributed by atoms with Crippen LogP contribution in [-0.2, 0) is 10.0 Å². The Morgan fingerprint density at radius 1 is 1.29 bits per heavy atom. The molecule has 4 rings (SSSR count). The van der Waals surface area contributed by atoms with Crippen LogP contribution in [0.15, 0.2) is 24.5 Å². The molecule has 34 heavy (non-hydrogen) atoms. The fraction of sp³-hybridized carbons (Fsp3) is 0.409. The number of nitrogens with one attached hydrogen (secondary N) is 1. The van der Waals surface area contributed by atoms with E-state index in [1.54, 1.807) is 14.0 Å². The number of primary amides is 1. The van der Waals surface area contributed by atoms with Gasteiger partial charge in [-0.05, 0) is 43.9 Å². The van der Waals surface area contributed by atoms with Crippen molar-refractivity contribution in [1.29, 1.82) is 0 Å². The van der Waals surface area contributed by atoms with Crippen LogP contribution in [0.25, 0.3) is 10.2 Å². The van der Waals surface area contributed by atoms with Gasteiger partial charge < -0.3 is 15.8 Å². The van der Waals surface area contributed by atoms with E-state index in [1.807, 2.05) is 0 Å². The van der Waals surface area contributed by atoms with Gasteiger partial charge in [-0.15, -0.1) is 11.3 Å². The van der Waals surface area contributed by atoms with Crippen molar-refractivity contribution in [3.05, 3.63) is 40.8 Å². The summed E-state index contributed by atoms with van der Waals surface area (Å²) in [5.74, 6) is -0.361. The highest BCUT2D eigenvalue weighted by Gasteiger charge is 2.34. The van der Waals surface area contributed by atoms with Gasteiger partial charge in [0, 0.05) is 13.1 Å². The number of benzene rings is 1. The van der Waals surface area contributed by atoms with E-state index in [9.17, 15) is 17.6 Å². The van der Waals surface area contributed by atoms with E-state index in [0.717, 1.165) is 19.1 Å². The number of hydrogen-bond acceptors (Lipinski definition) is 8. The number of nitrogens with two attached hydrogens (primary N) is 1. The van der Waals surface area contributed by atoms with Gasteiger partial charge in [0.1, 0.15) is 34.6 Å². The summed E-state index contributed by atoms with van der Waals surface area (Å²) in [5.41, 5.74) is 6.60. The minimum Gasteiger partial charge on any atom is -0.486 e. The van der Waals surface area contributed by atoms with Crippen LogP contribution in [0, 0.1) is 12.7 Å². The molecule has 182 valence electrons. The number of likely N-dealkylation sites (N-methyl/N-ethyl adjacent to an activating group) is 1. The highest BCUT2D eigenvalue weighted by Crippen LogP contribution is 2.37. The zero-order chi connectivity index (χ0) is 24.6. The number of anilines is 2. The van der Waals surface area contributed by atoms with Gasteiger partial charge in [-0.3, -0.25) is 4.79 Å². The minimum atomic E-state index is -3.42. The van der Waals surface area contributed by atoms with Crippen molar-refractivity contribution in [2.24, 2.45) is 5.73 Å². The van der Waals surface area contributed by atoms with E-state index in [0.29, 0.717) is 45.0 Å². The number of rotatable bonds is 7. The maximum atomic E-state index is 14.2. The number of aromatic nitrogens is 2. The van der Waals surface area contributed by atoms with Crippen LogP contribution >= 0.6 is 11.3 Å². The normalized spacial score (nSPS) is 18.9. The molecule has 1 aromatic carbocycles. The number of hydrogen-bond donors (Lipinski definition) is 2. The highest BCUT2D eigenvalue weighted by atomic mass is 32.2. The second-order valence-electron chi connectivity index (χ2n) is 8.38. The lowest BCUT2D eigenvalue weighted by molar-refractivity contribution is 0.0850. The Morgan fingerprint density at radius 2 is 2.03 bits per heavy atom. The lowest BCUT2D eigenvalue weighted by Gasteiger charge is -2.37. The Labute approximate surface area is 201 Å². The summed E-state index contributed by atoms with van der Waals surface area (Å²) in [6.07, 6.45) is 5.16. The second-order valence-corrected chi connectivity index (χ2v) is 11.4. The van der Waals surface area contributed by atoms with E-state index >= 15 is 0 Å². The number of nitrogens with zero attached hydrogens (tertiary/aromatic N) is 3. The molecule has 2 heterocycles. The van der Waals surface area contributed by atoms with Crippen LogP contribution in [0.2, 0.25) is 0 Å². The molecule has 0 aliphatic heterocycles. The summed E-state index contributed by atoms with van der Waals surface area (Å²) in [6, 6.07) is 3.74. The zero-order valence-electron chi connectivity index (χ0n) is 19.0. The van der Waals surface area contributed by atoms with Crippen LogP contribution in [0.5, 0.6) is 5.75 Å². The Hall–Kier alpha value is -2.83. The average molecular weight is 508 g/mol. The first-order valence-electron chi connectivity index (χ1n) is 10.8. The molecule has 1 amide bonds. The smallest absolute Gasteiger partial charge is 0.259 e. The molecular weight excluding hydrogens is 481 g/mol. The quantitative estimate of drug-likeness (QED) is 0.500. The molecule has 3 aromatic rings. The monoisotopic (exact) mass is 507 g/mol. The Morgan fingerprint density at radius 3 is 2.74 bits per heavy atom. The van der Waals surface area contributed by atoms with E-state index in [2.05, 4.69) is 15.3 Å². The number of halogens is 1. The lowest BCUT2D eigenvalue weighted by atomic mass is 9.92. The fourth-order valence-corrected chi connectivity index (χ4v) is 6.00. The number of fused-ring (bicyclic) bond motifs is 1.